The molecule has 0 spiro atoms. The highest BCUT2D eigenvalue weighted by molar-refractivity contribution is 5.91. The average molecular weight is 307 g/mol. The molecule has 0 fully saturated rings. The van der Waals surface area contributed by atoms with Gasteiger partial charge in [0.2, 0.25) is 0 Å². The van der Waals surface area contributed by atoms with Crippen molar-refractivity contribution in [1.29, 1.82) is 0 Å². The molecule has 0 heterocycles. The molecule has 2 rings (SSSR count). The van der Waals surface area contributed by atoms with E-state index in [2.05, 4.69) is 5.32 Å². The Kier molecular flexibility index (Phi) is 5.30. The van der Waals surface area contributed by atoms with Crippen LogP contribution in [0.1, 0.15) is 6.92 Å². The second-order valence-corrected chi connectivity index (χ2v) is 4.37. The topological polar surface area (TPSA) is 47.6 Å². The lowest BCUT2D eigenvalue weighted by Crippen LogP contribution is -2.20. The summed E-state index contributed by atoms with van der Waals surface area (Å²) in [6, 6.07) is 9.69. The molecule has 6 heteroatoms. The fourth-order valence-corrected chi connectivity index (χ4v) is 1.73. The normalized spacial score (nSPS) is 10.1. The minimum atomic E-state index is -0.853. The van der Waals surface area contributed by atoms with Gasteiger partial charge in [-0.2, -0.15) is 0 Å². The van der Waals surface area contributed by atoms with Crippen molar-refractivity contribution in [2.75, 3.05) is 18.5 Å². The van der Waals surface area contributed by atoms with Crippen molar-refractivity contribution in [3.63, 3.8) is 0 Å². The van der Waals surface area contributed by atoms with Gasteiger partial charge in [-0.3, -0.25) is 4.79 Å². The predicted molar refractivity (Wildman–Crippen MR) is 78.1 cm³/mol. The Labute approximate surface area is 126 Å². The van der Waals surface area contributed by atoms with Gasteiger partial charge in [0.15, 0.2) is 18.2 Å². The summed E-state index contributed by atoms with van der Waals surface area (Å²) in [5.74, 6) is -1.49. The number of benzene rings is 2. The van der Waals surface area contributed by atoms with E-state index in [0.717, 1.165) is 12.1 Å². The van der Waals surface area contributed by atoms with Crippen LogP contribution in [0.15, 0.2) is 42.5 Å². The van der Waals surface area contributed by atoms with Gasteiger partial charge in [-0.15, -0.1) is 0 Å². The maximum absolute atomic E-state index is 13.3. The lowest BCUT2D eigenvalue weighted by atomic mass is 10.3. The summed E-state index contributed by atoms with van der Waals surface area (Å²) in [7, 11) is 0. The molecule has 0 aliphatic rings. The number of halogens is 2. The van der Waals surface area contributed by atoms with Crippen molar-refractivity contribution >= 4 is 11.6 Å². The van der Waals surface area contributed by atoms with Gasteiger partial charge in [-0.1, -0.05) is 0 Å². The number of carbonyl (C=O) groups is 1. The number of nitrogens with one attached hydrogen (secondary N) is 1. The summed E-state index contributed by atoms with van der Waals surface area (Å²) in [5.41, 5.74) is 0.566. The minimum absolute atomic E-state index is 0.178. The molecule has 0 saturated heterocycles. The van der Waals surface area contributed by atoms with Gasteiger partial charge in [0.1, 0.15) is 11.6 Å². The van der Waals surface area contributed by atoms with Crippen LogP contribution in [-0.4, -0.2) is 19.1 Å². The molecule has 1 amide bonds. The average Bonchev–Trinajstić information content (AvgIpc) is 2.49. The van der Waals surface area contributed by atoms with E-state index in [-0.39, 0.29) is 12.4 Å². The molecule has 0 atom stereocenters. The highest BCUT2D eigenvalue weighted by atomic mass is 19.1. The molecule has 0 aromatic heterocycles. The highest BCUT2D eigenvalue weighted by Crippen LogP contribution is 2.18. The predicted octanol–water partition coefficient (Wildman–Crippen LogP) is 3.38. The van der Waals surface area contributed by atoms with Crippen LogP contribution in [0.5, 0.6) is 11.5 Å². The fraction of sp³-hybridized carbons (Fsp3) is 0.188. The summed E-state index contributed by atoms with van der Waals surface area (Å²) in [5, 5.41) is 2.60. The molecule has 0 aliphatic heterocycles. The minimum Gasteiger partial charge on any atom is -0.494 e. The smallest absolute Gasteiger partial charge is 0.262 e. The number of anilines is 1. The molecule has 0 bridgehead atoms. The van der Waals surface area contributed by atoms with Crippen molar-refractivity contribution < 1.29 is 23.0 Å². The number of rotatable bonds is 6. The van der Waals surface area contributed by atoms with Gasteiger partial charge >= 0.3 is 0 Å². The van der Waals surface area contributed by atoms with E-state index in [1.165, 1.54) is 0 Å². The second kappa shape index (κ2) is 7.40. The van der Waals surface area contributed by atoms with Crippen LogP contribution in [0.25, 0.3) is 0 Å². The first-order valence-electron chi connectivity index (χ1n) is 6.69. The first kappa shape index (κ1) is 15.8. The van der Waals surface area contributed by atoms with Gasteiger partial charge < -0.3 is 14.8 Å². The van der Waals surface area contributed by atoms with E-state index in [9.17, 15) is 13.6 Å². The van der Waals surface area contributed by atoms with Gasteiger partial charge in [0.05, 0.1) is 6.61 Å². The van der Waals surface area contributed by atoms with Crippen molar-refractivity contribution in [3.8, 4) is 11.5 Å². The highest BCUT2D eigenvalue weighted by Gasteiger charge is 2.08. The molecular formula is C16H15F2NO3. The summed E-state index contributed by atoms with van der Waals surface area (Å²) < 4.78 is 36.4. The van der Waals surface area contributed by atoms with Gasteiger partial charge in [0.25, 0.3) is 5.91 Å². The molecule has 116 valence electrons. The lowest BCUT2D eigenvalue weighted by Gasteiger charge is -2.09. The Hall–Kier alpha value is -2.63. The van der Waals surface area contributed by atoms with E-state index in [1.807, 2.05) is 6.92 Å². The molecule has 4 nitrogen and oxygen atoms in total. The Balaban J connectivity index is 1.87. The molecule has 0 aliphatic carbocycles. The van der Waals surface area contributed by atoms with Crippen molar-refractivity contribution in [1.82, 2.24) is 0 Å². The van der Waals surface area contributed by atoms with E-state index >= 15 is 0 Å². The Morgan fingerprint density at radius 2 is 1.82 bits per heavy atom. The zero-order valence-electron chi connectivity index (χ0n) is 11.9. The monoisotopic (exact) mass is 307 g/mol. The SMILES string of the molecule is CCOc1ccc(NC(=O)COc2ccc(F)cc2F)cc1. The number of amides is 1. The number of ether oxygens (including phenoxy) is 2. The Morgan fingerprint density at radius 3 is 2.45 bits per heavy atom. The molecular weight excluding hydrogens is 292 g/mol. The van der Waals surface area contributed by atoms with Crippen LogP contribution in [-0.2, 0) is 4.79 Å². The number of hydrogen-bond acceptors (Lipinski definition) is 3. The first-order chi connectivity index (χ1) is 10.6. The zero-order chi connectivity index (χ0) is 15.9. The fourth-order valence-electron chi connectivity index (χ4n) is 1.73. The van der Waals surface area contributed by atoms with Crippen LogP contribution in [0, 0.1) is 11.6 Å². The summed E-state index contributed by atoms with van der Waals surface area (Å²) in [6.07, 6.45) is 0. The molecule has 1 N–H and O–H groups in total. The third-order valence-electron chi connectivity index (χ3n) is 2.70. The van der Waals surface area contributed by atoms with Crippen LogP contribution < -0.4 is 14.8 Å². The lowest BCUT2D eigenvalue weighted by molar-refractivity contribution is -0.118. The molecule has 0 radical (unpaired) electrons. The van der Waals surface area contributed by atoms with E-state index in [0.29, 0.717) is 24.1 Å². The standard InChI is InChI=1S/C16H15F2NO3/c1-2-21-13-6-4-12(5-7-13)19-16(20)10-22-15-8-3-11(17)9-14(15)18/h3-9H,2,10H2,1H3,(H,19,20). The maximum Gasteiger partial charge on any atom is 0.262 e. The Morgan fingerprint density at radius 1 is 1.09 bits per heavy atom. The van der Waals surface area contributed by atoms with Gasteiger partial charge in [0, 0.05) is 11.8 Å². The molecule has 0 saturated carbocycles. The largest absolute Gasteiger partial charge is 0.494 e. The van der Waals surface area contributed by atoms with Crippen LogP contribution in [0.3, 0.4) is 0 Å². The second-order valence-electron chi connectivity index (χ2n) is 4.37. The van der Waals surface area contributed by atoms with Gasteiger partial charge in [-0.25, -0.2) is 8.78 Å². The van der Waals surface area contributed by atoms with E-state index in [1.54, 1.807) is 24.3 Å². The third kappa shape index (κ3) is 4.44. The maximum atomic E-state index is 13.3. The number of hydrogen-bond donors (Lipinski definition) is 1. The first-order valence-corrected chi connectivity index (χ1v) is 6.69. The molecule has 0 unspecified atom stereocenters. The van der Waals surface area contributed by atoms with Crippen molar-refractivity contribution in [3.05, 3.63) is 54.1 Å². The van der Waals surface area contributed by atoms with Crippen LogP contribution in [0.4, 0.5) is 14.5 Å². The zero-order valence-corrected chi connectivity index (χ0v) is 11.9. The third-order valence-corrected chi connectivity index (χ3v) is 2.70. The summed E-state index contributed by atoms with van der Waals surface area (Å²) in [4.78, 5) is 11.7. The van der Waals surface area contributed by atoms with E-state index in [4.69, 9.17) is 9.47 Å². The summed E-state index contributed by atoms with van der Waals surface area (Å²) >= 11 is 0. The molecule has 22 heavy (non-hydrogen) atoms. The molecule has 2 aromatic rings. The quantitative estimate of drug-likeness (QED) is 0.890. The van der Waals surface area contributed by atoms with Gasteiger partial charge in [-0.05, 0) is 43.3 Å². The van der Waals surface area contributed by atoms with E-state index < -0.39 is 17.5 Å². The number of carbonyl (C=O) groups excluding carboxylic acids is 1. The summed E-state index contributed by atoms with van der Waals surface area (Å²) in [6.45, 7) is 2.06. The van der Waals surface area contributed by atoms with Crippen LogP contribution in [0.2, 0.25) is 0 Å². The van der Waals surface area contributed by atoms with Crippen molar-refractivity contribution in [2.45, 2.75) is 6.92 Å². The Bertz CT molecular complexity index is 644. The van der Waals surface area contributed by atoms with Crippen molar-refractivity contribution in [2.24, 2.45) is 0 Å². The molecule has 2 aromatic carbocycles. The van der Waals surface area contributed by atoms with Crippen LogP contribution >= 0.6 is 0 Å².